The number of rotatable bonds is 5. The van der Waals surface area contributed by atoms with Gasteiger partial charge in [0.1, 0.15) is 17.9 Å². The van der Waals surface area contributed by atoms with Gasteiger partial charge in [-0.1, -0.05) is 24.3 Å². The van der Waals surface area contributed by atoms with Crippen LogP contribution in [0, 0.1) is 5.82 Å². The predicted molar refractivity (Wildman–Crippen MR) is 133 cm³/mol. The Kier molecular flexibility index (Phi) is 6.24. The van der Waals surface area contributed by atoms with Crippen molar-refractivity contribution in [2.24, 2.45) is 0 Å². The van der Waals surface area contributed by atoms with Gasteiger partial charge in [0, 0.05) is 24.9 Å². The number of carbonyl (C=O) groups is 3. The lowest BCUT2D eigenvalue weighted by Crippen LogP contribution is -2.51. The zero-order valence-corrected chi connectivity index (χ0v) is 20.5. The average molecular weight is 508 g/mol. The fraction of sp³-hybridized carbons (Fsp3) is 0.346. The lowest BCUT2D eigenvalue weighted by molar-refractivity contribution is -0.137. The van der Waals surface area contributed by atoms with Crippen molar-refractivity contribution in [2.75, 3.05) is 37.7 Å². The molecule has 2 aromatic carbocycles. The first-order chi connectivity index (χ1) is 17.7. The number of benzene rings is 2. The van der Waals surface area contributed by atoms with Gasteiger partial charge in [-0.15, -0.1) is 0 Å². The van der Waals surface area contributed by atoms with E-state index >= 15 is 4.39 Å². The third-order valence-electron chi connectivity index (χ3n) is 6.88. The number of hydrogen-bond donors (Lipinski definition) is 1. The number of imide groups is 1. The molecule has 1 N–H and O–H groups in total. The number of halogens is 1. The van der Waals surface area contributed by atoms with E-state index in [9.17, 15) is 19.2 Å². The second-order valence-corrected chi connectivity index (χ2v) is 9.57. The summed E-state index contributed by atoms with van der Waals surface area (Å²) in [6, 6.07) is 10.4. The molecule has 0 aliphatic carbocycles. The van der Waals surface area contributed by atoms with Crippen molar-refractivity contribution in [1.82, 2.24) is 20.0 Å². The Morgan fingerprint density at radius 2 is 1.78 bits per heavy atom. The van der Waals surface area contributed by atoms with Crippen molar-refractivity contribution < 1.29 is 23.5 Å². The highest BCUT2D eigenvalue weighted by Crippen LogP contribution is 2.34. The highest BCUT2D eigenvalue weighted by Gasteiger charge is 2.53. The minimum Gasteiger partial charge on any atom is -0.378 e. The topological polar surface area (TPSA) is 116 Å². The minimum atomic E-state index is -1.35. The number of aromatic amines is 1. The van der Waals surface area contributed by atoms with Gasteiger partial charge in [0.05, 0.1) is 30.0 Å². The van der Waals surface area contributed by atoms with Crippen molar-refractivity contribution in [3.63, 3.8) is 0 Å². The van der Waals surface area contributed by atoms with Gasteiger partial charge in [0.2, 0.25) is 5.91 Å². The molecule has 2 aliphatic heterocycles. The van der Waals surface area contributed by atoms with E-state index in [0.717, 1.165) is 4.90 Å². The van der Waals surface area contributed by atoms with Gasteiger partial charge in [-0.05, 0) is 37.6 Å². The molecule has 1 aromatic heterocycles. The maximum Gasteiger partial charge on any atom is 0.332 e. The number of nitrogens with one attached hydrogen (secondary N) is 1. The van der Waals surface area contributed by atoms with Crippen LogP contribution in [-0.4, -0.2) is 76.2 Å². The van der Waals surface area contributed by atoms with Crippen molar-refractivity contribution in [1.29, 1.82) is 0 Å². The lowest BCUT2D eigenvalue weighted by Gasteiger charge is -2.32. The molecule has 0 bridgehead atoms. The first-order valence-corrected chi connectivity index (χ1v) is 11.9. The molecule has 0 atom stereocenters. The Morgan fingerprint density at radius 3 is 2.51 bits per heavy atom. The number of urea groups is 1. The molecule has 0 spiro atoms. The monoisotopic (exact) mass is 507 g/mol. The van der Waals surface area contributed by atoms with Crippen LogP contribution in [-0.2, 0) is 20.7 Å². The molecule has 2 fully saturated rings. The molecule has 4 amide bonds. The van der Waals surface area contributed by atoms with Crippen molar-refractivity contribution >= 4 is 34.3 Å². The van der Waals surface area contributed by atoms with E-state index in [4.69, 9.17) is 4.74 Å². The molecule has 0 radical (unpaired) electrons. The molecule has 3 heterocycles. The van der Waals surface area contributed by atoms with Crippen molar-refractivity contribution in [3.05, 3.63) is 69.9 Å². The SMILES string of the molecule is CC1(C)C(=O)N(c2cc(Cc3n[nH]c(=O)c4ccccc34)ccc2F)C(=O)N1CC(=O)N1CCOCC1. The maximum absolute atomic E-state index is 15.0. The molecule has 11 heteroatoms. The zero-order valence-electron chi connectivity index (χ0n) is 20.5. The third kappa shape index (κ3) is 4.35. The van der Waals surface area contributed by atoms with Gasteiger partial charge in [0.25, 0.3) is 11.5 Å². The molecule has 0 saturated carbocycles. The van der Waals surface area contributed by atoms with Gasteiger partial charge in [0.15, 0.2) is 0 Å². The summed E-state index contributed by atoms with van der Waals surface area (Å²) in [4.78, 5) is 55.2. The number of amides is 4. The number of hydrogen-bond acceptors (Lipinski definition) is 6. The van der Waals surface area contributed by atoms with E-state index in [1.807, 2.05) is 0 Å². The van der Waals surface area contributed by atoms with Gasteiger partial charge in [-0.25, -0.2) is 19.2 Å². The summed E-state index contributed by atoms with van der Waals surface area (Å²) in [5, 5.41) is 7.75. The van der Waals surface area contributed by atoms with E-state index in [1.165, 1.54) is 36.9 Å². The highest BCUT2D eigenvalue weighted by molar-refractivity contribution is 6.23. The number of morpholine rings is 1. The van der Waals surface area contributed by atoms with Crippen LogP contribution in [0.2, 0.25) is 0 Å². The van der Waals surface area contributed by atoms with Gasteiger partial charge < -0.3 is 14.5 Å². The maximum atomic E-state index is 15.0. The second kappa shape index (κ2) is 9.40. The van der Waals surface area contributed by atoms with Gasteiger partial charge in [-0.3, -0.25) is 14.4 Å². The number of H-pyrrole nitrogens is 1. The van der Waals surface area contributed by atoms with Crippen LogP contribution in [0.15, 0.2) is 47.3 Å². The number of ether oxygens (including phenoxy) is 1. The lowest BCUT2D eigenvalue weighted by atomic mass is 10.0. The fourth-order valence-electron chi connectivity index (χ4n) is 4.70. The van der Waals surface area contributed by atoms with Crippen molar-refractivity contribution in [2.45, 2.75) is 25.8 Å². The Labute approximate surface area is 211 Å². The molecular formula is C26H26FN5O5. The predicted octanol–water partition coefficient (Wildman–Crippen LogP) is 2.06. The molecule has 10 nitrogen and oxygen atoms in total. The number of fused-ring (bicyclic) bond motifs is 1. The van der Waals surface area contributed by atoms with Crippen LogP contribution in [0.5, 0.6) is 0 Å². The highest BCUT2D eigenvalue weighted by atomic mass is 19.1. The van der Waals surface area contributed by atoms with E-state index in [2.05, 4.69) is 10.2 Å². The molecule has 5 rings (SSSR count). The smallest absolute Gasteiger partial charge is 0.332 e. The normalized spacial score (nSPS) is 17.6. The minimum absolute atomic E-state index is 0.198. The first kappa shape index (κ1) is 24.6. The second-order valence-electron chi connectivity index (χ2n) is 9.57. The fourth-order valence-corrected chi connectivity index (χ4v) is 4.70. The van der Waals surface area contributed by atoms with Crippen LogP contribution in [0.3, 0.4) is 0 Å². The molecular weight excluding hydrogens is 481 g/mol. The molecule has 3 aromatic rings. The molecule has 0 unspecified atom stereocenters. The summed E-state index contributed by atoms with van der Waals surface area (Å²) < 4.78 is 20.3. The molecule has 192 valence electrons. The average Bonchev–Trinajstić information content (AvgIpc) is 3.06. The van der Waals surface area contributed by atoms with E-state index in [1.54, 1.807) is 29.2 Å². The standard InChI is InChI=1S/C26H26FN5O5/c1-26(2)24(35)32(25(36)31(26)15-22(33)30-9-11-37-12-10-30)21-14-16(7-8-19(21)27)13-20-17-5-3-4-6-18(17)23(34)29-28-20/h3-8,14H,9-13,15H2,1-2H3,(H,29,34). The quantitative estimate of drug-likeness (QED) is 0.529. The van der Waals surface area contributed by atoms with E-state index in [0.29, 0.717) is 48.3 Å². The summed E-state index contributed by atoms with van der Waals surface area (Å²) in [5.74, 6) is -1.68. The largest absolute Gasteiger partial charge is 0.378 e. The van der Waals surface area contributed by atoms with E-state index in [-0.39, 0.29) is 30.1 Å². The van der Waals surface area contributed by atoms with Crippen LogP contribution < -0.4 is 10.5 Å². The number of nitrogens with zero attached hydrogens (tertiary/aromatic N) is 4. The number of aromatic nitrogens is 2. The summed E-state index contributed by atoms with van der Waals surface area (Å²) in [5.41, 5.74) is -0.720. The Morgan fingerprint density at radius 1 is 1.08 bits per heavy atom. The van der Waals surface area contributed by atoms with Crippen LogP contribution >= 0.6 is 0 Å². The molecule has 37 heavy (non-hydrogen) atoms. The number of anilines is 1. The summed E-state index contributed by atoms with van der Waals surface area (Å²) in [7, 11) is 0. The Hall–Kier alpha value is -4.12. The third-order valence-corrected chi connectivity index (χ3v) is 6.88. The first-order valence-electron chi connectivity index (χ1n) is 11.9. The molecule has 2 aliphatic rings. The summed E-state index contributed by atoms with van der Waals surface area (Å²) >= 11 is 0. The van der Waals surface area contributed by atoms with Gasteiger partial charge >= 0.3 is 6.03 Å². The van der Waals surface area contributed by atoms with E-state index < -0.39 is 23.3 Å². The summed E-state index contributed by atoms with van der Waals surface area (Å²) in [6.45, 7) is 4.40. The summed E-state index contributed by atoms with van der Waals surface area (Å²) in [6.07, 6.45) is 0.226. The van der Waals surface area contributed by atoms with Crippen LogP contribution in [0.4, 0.5) is 14.9 Å². The molecule has 2 saturated heterocycles. The van der Waals surface area contributed by atoms with Crippen LogP contribution in [0.1, 0.15) is 25.1 Å². The van der Waals surface area contributed by atoms with Crippen LogP contribution in [0.25, 0.3) is 10.8 Å². The zero-order chi connectivity index (χ0) is 26.3. The Bertz CT molecular complexity index is 1460. The Balaban J connectivity index is 1.44. The number of carbonyl (C=O) groups excluding carboxylic acids is 3. The van der Waals surface area contributed by atoms with Gasteiger partial charge in [-0.2, -0.15) is 5.10 Å². The van der Waals surface area contributed by atoms with Crippen molar-refractivity contribution in [3.8, 4) is 0 Å².